The van der Waals surface area contributed by atoms with E-state index < -0.39 is 0 Å². The Morgan fingerprint density at radius 1 is 1.24 bits per heavy atom. The second-order valence-electron chi connectivity index (χ2n) is 4.81. The van der Waals surface area contributed by atoms with Gasteiger partial charge in [-0.2, -0.15) is 9.97 Å². The molecule has 1 aromatic heterocycles. The second-order valence-corrected chi connectivity index (χ2v) is 4.81. The number of rotatable bonds is 6. The lowest BCUT2D eigenvalue weighted by molar-refractivity contribution is 0.600. The number of nitrogens with two attached hydrogens (primary N) is 1. The molecule has 21 heavy (non-hydrogen) atoms. The van der Waals surface area contributed by atoms with E-state index in [4.69, 9.17) is 5.73 Å². The van der Waals surface area contributed by atoms with Crippen LogP contribution in [0.3, 0.4) is 0 Å². The molecule has 0 aliphatic heterocycles. The molecule has 6 heteroatoms. The van der Waals surface area contributed by atoms with Crippen LogP contribution in [0.15, 0.2) is 30.3 Å². The molecular weight excluding hydrogens is 269 g/mol. The normalized spacial score (nSPS) is 12.0. The molecule has 0 spiro atoms. The highest BCUT2D eigenvalue weighted by Crippen LogP contribution is 2.22. The van der Waals surface area contributed by atoms with Gasteiger partial charge in [0, 0.05) is 18.2 Å². The van der Waals surface area contributed by atoms with E-state index in [1.807, 2.05) is 6.92 Å². The van der Waals surface area contributed by atoms with Crippen molar-refractivity contribution in [2.45, 2.75) is 26.3 Å². The molecule has 0 aliphatic carbocycles. The fourth-order valence-corrected chi connectivity index (χ4v) is 2.01. The molecule has 0 fully saturated rings. The fourth-order valence-electron chi connectivity index (χ4n) is 2.01. The minimum atomic E-state index is -0.246. The predicted molar refractivity (Wildman–Crippen MR) is 83.7 cm³/mol. The van der Waals surface area contributed by atoms with E-state index >= 15 is 0 Å². The van der Waals surface area contributed by atoms with E-state index in [1.54, 1.807) is 24.3 Å². The Kier molecular flexibility index (Phi) is 4.92. The Labute approximate surface area is 123 Å². The molecule has 1 unspecified atom stereocenters. The van der Waals surface area contributed by atoms with Gasteiger partial charge >= 0.3 is 0 Å². The van der Waals surface area contributed by atoms with Crippen molar-refractivity contribution in [2.24, 2.45) is 0 Å². The Hall–Kier alpha value is -2.37. The maximum absolute atomic E-state index is 13.8. The largest absolute Gasteiger partial charge is 0.370 e. The average molecular weight is 289 g/mol. The highest BCUT2D eigenvalue weighted by Gasteiger charge is 2.11. The lowest BCUT2D eigenvalue weighted by Gasteiger charge is -2.16. The summed E-state index contributed by atoms with van der Waals surface area (Å²) in [6.07, 6.45) is 0.984. The van der Waals surface area contributed by atoms with Crippen molar-refractivity contribution in [1.29, 1.82) is 0 Å². The number of halogens is 1. The van der Waals surface area contributed by atoms with Gasteiger partial charge in [-0.1, -0.05) is 25.1 Å². The smallest absolute Gasteiger partial charge is 0.223 e. The predicted octanol–water partition coefficient (Wildman–Crippen LogP) is 3.19. The molecule has 5 nitrogen and oxygen atoms in total. The zero-order valence-electron chi connectivity index (χ0n) is 12.2. The number of hydrogen-bond donors (Lipinski definition) is 3. The van der Waals surface area contributed by atoms with E-state index in [-0.39, 0.29) is 17.8 Å². The summed E-state index contributed by atoms with van der Waals surface area (Å²) >= 11 is 0. The van der Waals surface area contributed by atoms with Gasteiger partial charge in [-0.05, 0) is 19.4 Å². The third-order valence-electron chi connectivity index (χ3n) is 3.04. The van der Waals surface area contributed by atoms with Crippen molar-refractivity contribution in [2.75, 3.05) is 22.9 Å². The highest BCUT2D eigenvalue weighted by molar-refractivity contribution is 5.52. The lowest BCUT2D eigenvalue weighted by atomic mass is 10.1. The first kappa shape index (κ1) is 15.0. The van der Waals surface area contributed by atoms with Crippen LogP contribution in [0.2, 0.25) is 0 Å². The van der Waals surface area contributed by atoms with Crippen LogP contribution in [0.25, 0.3) is 0 Å². The first-order valence-corrected chi connectivity index (χ1v) is 6.99. The molecular formula is C15H20FN5. The molecule has 0 amide bonds. The molecule has 1 heterocycles. The number of benzene rings is 1. The van der Waals surface area contributed by atoms with Gasteiger partial charge in [-0.15, -0.1) is 0 Å². The minimum Gasteiger partial charge on any atom is -0.370 e. The molecule has 0 saturated heterocycles. The number of nitrogen functional groups attached to an aromatic ring is 1. The number of aromatic nitrogens is 2. The van der Waals surface area contributed by atoms with Crippen LogP contribution in [0.5, 0.6) is 0 Å². The monoisotopic (exact) mass is 289 g/mol. The maximum atomic E-state index is 13.8. The standard InChI is InChI=1S/C15H20FN5/c1-3-8-18-13-9-14(21-15(17)20-13)19-10(2)11-6-4-5-7-12(11)16/h4-7,9-10H,3,8H2,1-2H3,(H4,17,18,19,20,21). The van der Waals surface area contributed by atoms with Crippen molar-refractivity contribution in [3.8, 4) is 0 Å². The van der Waals surface area contributed by atoms with E-state index in [0.717, 1.165) is 13.0 Å². The maximum Gasteiger partial charge on any atom is 0.223 e. The van der Waals surface area contributed by atoms with E-state index in [0.29, 0.717) is 17.2 Å². The topological polar surface area (TPSA) is 75.9 Å². The Balaban J connectivity index is 2.15. The highest BCUT2D eigenvalue weighted by atomic mass is 19.1. The average Bonchev–Trinajstić information content (AvgIpc) is 2.45. The summed E-state index contributed by atoms with van der Waals surface area (Å²) in [5, 5.41) is 6.30. The second kappa shape index (κ2) is 6.88. The van der Waals surface area contributed by atoms with E-state index in [2.05, 4.69) is 27.5 Å². The van der Waals surface area contributed by atoms with E-state index in [9.17, 15) is 4.39 Å². The molecule has 4 N–H and O–H groups in total. The Bertz CT molecular complexity index is 602. The van der Waals surface area contributed by atoms with Crippen LogP contribution >= 0.6 is 0 Å². The van der Waals surface area contributed by atoms with Gasteiger partial charge in [-0.25, -0.2) is 4.39 Å². The number of nitrogens with zero attached hydrogens (tertiary/aromatic N) is 2. The molecule has 2 aromatic rings. The third kappa shape index (κ3) is 4.05. The van der Waals surface area contributed by atoms with Crippen LogP contribution in [0, 0.1) is 5.82 Å². The van der Waals surface area contributed by atoms with Crippen LogP contribution in [0.4, 0.5) is 22.0 Å². The molecule has 0 saturated carbocycles. The summed E-state index contributed by atoms with van der Waals surface area (Å²) in [6.45, 7) is 4.74. The fraction of sp³-hybridized carbons (Fsp3) is 0.333. The summed E-state index contributed by atoms with van der Waals surface area (Å²) in [5.41, 5.74) is 6.28. The van der Waals surface area contributed by atoms with Crippen LogP contribution in [0.1, 0.15) is 31.9 Å². The summed E-state index contributed by atoms with van der Waals surface area (Å²) in [5.74, 6) is 1.16. The zero-order chi connectivity index (χ0) is 15.2. The molecule has 2 rings (SSSR count). The first-order valence-electron chi connectivity index (χ1n) is 6.99. The summed E-state index contributed by atoms with van der Waals surface area (Å²) < 4.78 is 13.8. The van der Waals surface area contributed by atoms with Gasteiger partial charge in [0.1, 0.15) is 17.5 Å². The van der Waals surface area contributed by atoms with Crippen molar-refractivity contribution in [3.05, 3.63) is 41.7 Å². The third-order valence-corrected chi connectivity index (χ3v) is 3.04. The molecule has 112 valence electrons. The number of hydrogen-bond acceptors (Lipinski definition) is 5. The van der Waals surface area contributed by atoms with Gasteiger partial charge < -0.3 is 16.4 Å². The van der Waals surface area contributed by atoms with Crippen molar-refractivity contribution in [3.63, 3.8) is 0 Å². The lowest BCUT2D eigenvalue weighted by Crippen LogP contribution is -2.12. The summed E-state index contributed by atoms with van der Waals surface area (Å²) in [4.78, 5) is 8.24. The molecule has 0 bridgehead atoms. The quantitative estimate of drug-likeness (QED) is 0.761. The van der Waals surface area contributed by atoms with Gasteiger partial charge in [0.15, 0.2) is 0 Å². The van der Waals surface area contributed by atoms with Crippen LogP contribution in [-0.2, 0) is 0 Å². The van der Waals surface area contributed by atoms with Crippen molar-refractivity contribution >= 4 is 17.6 Å². The number of anilines is 3. The van der Waals surface area contributed by atoms with Crippen molar-refractivity contribution in [1.82, 2.24) is 9.97 Å². The van der Waals surface area contributed by atoms with Gasteiger partial charge in [-0.3, -0.25) is 0 Å². The van der Waals surface area contributed by atoms with Crippen LogP contribution < -0.4 is 16.4 Å². The minimum absolute atomic E-state index is 0.180. The van der Waals surface area contributed by atoms with Gasteiger partial charge in [0.05, 0.1) is 6.04 Å². The zero-order valence-corrected chi connectivity index (χ0v) is 12.2. The SMILES string of the molecule is CCCNc1cc(NC(C)c2ccccc2F)nc(N)n1. The molecule has 0 aliphatic rings. The summed E-state index contributed by atoms with van der Waals surface area (Å²) in [6, 6.07) is 8.20. The van der Waals surface area contributed by atoms with Gasteiger partial charge in [0.25, 0.3) is 0 Å². The van der Waals surface area contributed by atoms with Crippen LogP contribution in [-0.4, -0.2) is 16.5 Å². The Morgan fingerprint density at radius 3 is 2.67 bits per heavy atom. The van der Waals surface area contributed by atoms with E-state index in [1.165, 1.54) is 6.07 Å². The first-order chi connectivity index (χ1) is 10.1. The van der Waals surface area contributed by atoms with Gasteiger partial charge in [0.2, 0.25) is 5.95 Å². The molecule has 1 atom stereocenters. The Morgan fingerprint density at radius 2 is 1.95 bits per heavy atom. The summed E-state index contributed by atoms with van der Waals surface area (Å²) in [7, 11) is 0. The molecule has 0 radical (unpaired) electrons. The van der Waals surface area contributed by atoms with Crippen molar-refractivity contribution < 1.29 is 4.39 Å². The molecule has 1 aromatic carbocycles. The number of nitrogens with one attached hydrogen (secondary N) is 2.